The zero-order chi connectivity index (χ0) is 18.7. The molecule has 1 fully saturated rings. The molecule has 6 heteroatoms. The average Bonchev–Trinajstić information content (AvgIpc) is 2.92. The van der Waals surface area contributed by atoms with Gasteiger partial charge in [-0.3, -0.25) is 14.5 Å². The van der Waals surface area contributed by atoms with Gasteiger partial charge in [-0.25, -0.2) is 4.79 Å². The number of nitrogens with zero attached hydrogens (tertiary/aromatic N) is 1. The molecule has 2 amide bonds. The van der Waals surface area contributed by atoms with Gasteiger partial charge in [0.1, 0.15) is 0 Å². The SMILES string of the molecule is COC(=O)c1ccc(/C=C(\CBr)CN2C(=O)C3CC=CCC3C2=O)cc1. The zero-order valence-electron chi connectivity index (χ0n) is 14.5. The van der Waals surface area contributed by atoms with Crippen LogP contribution in [0.5, 0.6) is 0 Å². The quantitative estimate of drug-likeness (QED) is 0.319. The van der Waals surface area contributed by atoms with Crippen LogP contribution in [0.25, 0.3) is 6.08 Å². The van der Waals surface area contributed by atoms with E-state index in [4.69, 9.17) is 0 Å². The van der Waals surface area contributed by atoms with Gasteiger partial charge in [0.05, 0.1) is 31.1 Å². The predicted molar refractivity (Wildman–Crippen MR) is 102 cm³/mol. The number of carbonyl (C=O) groups is 3. The van der Waals surface area contributed by atoms with Crippen molar-refractivity contribution >= 4 is 39.8 Å². The summed E-state index contributed by atoms with van der Waals surface area (Å²) in [7, 11) is 1.34. The minimum Gasteiger partial charge on any atom is -0.465 e. The van der Waals surface area contributed by atoms with E-state index in [1.54, 1.807) is 12.1 Å². The number of allylic oxidation sites excluding steroid dienone is 2. The summed E-state index contributed by atoms with van der Waals surface area (Å²) in [6, 6.07) is 7.00. The summed E-state index contributed by atoms with van der Waals surface area (Å²) >= 11 is 3.44. The van der Waals surface area contributed by atoms with Crippen molar-refractivity contribution in [2.75, 3.05) is 19.0 Å². The van der Waals surface area contributed by atoms with Gasteiger partial charge >= 0.3 is 5.97 Å². The zero-order valence-corrected chi connectivity index (χ0v) is 16.1. The maximum atomic E-state index is 12.6. The standard InChI is InChI=1S/C20H20BrNO4/c1-26-20(25)15-8-6-13(7-9-15)10-14(11-21)12-22-18(23)16-4-2-3-5-17(16)19(22)24/h2-3,6-10,16-17H,4-5,11-12H2,1H3/b14-10+. The van der Waals surface area contributed by atoms with Crippen LogP contribution in [-0.4, -0.2) is 41.7 Å². The van der Waals surface area contributed by atoms with Gasteiger partial charge in [-0.15, -0.1) is 0 Å². The maximum absolute atomic E-state index is 12.6. The first-order valence-corrected chi connectivity index (χ1v) is 9.61. The highest BCUT2D eigenvalue weighted by atomic mass is 79.9. The fourth-order valence-electron chi connectivity index (χ4n) is 3.42. The number of ether oxygens (including phenoxy) is 1. The number of rotatable bonds is 5. The second-order valence-corrected chi connectivity index (χ2v) is 7.03. The highest BCUT2D eigenvalue weighted by Crippen LogP contribution is 2.35. The molecule has 2 unspecified atom stereocenters. The topological polar surface area (TPSA) is 63.7 Å². The number of imide groups is 1. The summed E-state index contributed by atoms with van der Waals surface area (Å²) in [5.41, 5.74) is 2.29. The number of alkyl halides is 1. The first-order valence-electron chi connectivity index (χ1n) is 8.49. The summed E-state index contributed by atoms with van der Waals surface area (Å²) in [4.78, 5) is 38.1. The molecule has 136 valence electrons. The first kappa shape index (κ1) is 18.6. The van der Waals surface area contributed by atoms with E-state index in [0.717, 1.165) is 11.1 Å². The van der Waals surface area contributed by atoms with Gasteiger partial charge in [-0.05, 0) is 36.1 Å². The van der Waals surface area contributed by atoms with E-state index in [-0.39, 0.29) is 36.2 Å². The van der Waals surface area contributed by atoms with Crippen molar-refractivity contribution in [2.24, 2.45) is 11.8 Å². The molecule has 0 saturated carbocycles. The molecule has 0 aromatic heterocycles. The number of carbonyl (C=O) groups excluding carboxylic acids is 3. The number of hydrogen-bond acceptors (Lipinski definition) is 4. The Kier molecular flexibility index (Phi) is 5.71. The summed E-state index contributed by atoms with van der Waals surface area (Å²) in [5.74, 6) is -0.938. The Morgan fingerprint density at radius 1 is 1.15 bits per heavy atom. The Bertz CT molecular complexity index is 756. The highest BCUT2D eigenvalue weighted by molar-refractivity contribution is 9.09. The number of hydrogen-bond donors (Lipinski definition) is 0. The van der Waals surface area contributed by atoms with Crippen LogP contribution in [-0.2, 0) is 14.3 Å². The maximum Gasteiger partial charge on any atom is 0.337 e. The fourth-order valence-corrected chi connectivity index (χ4v) is 3.76. The monoisotopic (exact) mass is 417 g/mol. The van der Waals surface area contributed by atoms with Crippen LogP contribution in [0.1, 0.15) is 28.8 Å². The molecule has 1 aliphatic heterocycles. The van der Waals surface area contributed by atoms with Crippen molar-refractivity contribution in [1.82, 2.24) is 4.90 Å². The molecule has 0 radical (unpaired) electrons. The van der Waals surface area contributed by atoms with Crippen LogP contribution >= 0.6 is 15.9 Å². The Balaban J connectivity index is 1.75. The Labute approximate surface area is 160 Å². The lowest BCUT2D eigenvalue weighted by molar-refractivity contribution is -0.139. The number of fused-ring (bicyclic) bond motifs is 1. The molecule has 26 heavy (non-hydrogen) atoms. The number of methoxy groups -OCH3 is 1. The fraction of sp³-hybridized carbons (Fsp3) is 0.350. The van der Waals surface area contributed by atoms with Gasteiger partial charge in [0, 0.05) is 5.33 Å². The van der Waals surface area contributed by atoms with Crippen LogP contribution in [0.15, 0.2) is 42.0 Å². The van der Waals surface area contributed by atoms with Gasteiger partial charge in [-0.1, -0.05) is 46.3 Å². The van der Waals surface area contributed by atoms with Crippen LogP contribution in [0.2, 0.25) is 0 Å². The molecule has 1 saturated heterocycles. The van der Waals surface area contributed by atoms with Crippen molar-refractivity contribution in [3.05, 3.63) is 53.1 Å². The number of esters is 1. The van der Waals surface area contributed by atoms with Gasteiger partial charge in [0.2, 0.25) is 11.8 Å². The summed E-state index contributed by atoms with van der Waals surface area (Å²) < 4.78 is 4.69. The number of halogens is 1. The van der Waals surface area contributed by atoms with E-state index < -0.39 is 0 Å². The van der Waals surface area contributed by atoms with E-state index in [1.807, 2.05) is 30.4 Å². The molecule has 2 atom stereocenters. The second kappa shape index (κ2) is 7.99. The number of likely N-dealkylation sites (tertiary alicyclic amines) is 1. The van der Waals surface area contributed by atoms with E-state index in [9.17, 15) is 14.4 Å². The molecule has 5 nitrogen and oxygen atoms in total. The van der Waals surface area contributed by atoms with Gasteiger partial charge in [0.15, 0.2) is 0 Å². The average molecular weight is 418 g/mol. The highest BCUT2D eigenvalue weighted by Gasteiger charge is 2.47. The Hall–Kier alpha value is -2.21. The molecular weight excluding hydrogens is 398 g/mol. The van der Waals surface area contributed by atoms with E-state index in [2.05, 4.69) is 20.7 Å². The number of benzene rings is 1. The van der Waals surface area contributed by atoms with Crippen molar-refractivity contribution < 1.29 is 19.1 Å². The van der Waals surface area contributed by atoms with E-state index in [1.165, 1.54) is 12.0 Å². The minimum atomic E-state index is -0.384. The lowest BCUT2D eigenvalue weighted by atomic mass is 9.85. The molecule has 1 aromatic carbocycles. The van der Waals surface area contributed by atoms with Crippen molar-refractivity contribution in [1.29, 1.82) is 0 Å². The van der Waals surface area contributed by atoms with E-state index in [0.29, 0.717) is 23.7 Å². The normalized spacial score (nSPS) is 22.5. The molecule has 2 aliphatic rings. The van der Waals surface area contributed by atoms with Crippen molar-refractivity contribution in [3.8, 4) is 0 Å². The molecule has 0 bridgehead atoms. The molecule has 1 heterocycles. The predicted octanol–water partition coefficient (Wildman–Crippen LogP) is 3.20. The van der Waals surface area contributed by atoms with Gasteiger partial charge < -0.3 is 4.74 Å². The van der Waals surface area contributed by atoms with Crippen molar-refractivity contribution in [2.45, 2.75) is 12.8 Å². The Morgan fingerprint density at radius 3 is 2.23 bits per heavy atom. The third-order valence-corrected chi connectivity index (χ3v) is 5.55. The lowest BCUT2D eigenvalue weighted by Crippen LogP contribution is -2.33. The van der Waals surface area contributed by atoms with Gasteiger partial charge in [0.25, 0.3) is 0 Å². The van der Waals surface area contributed by atoms with E-state index >= 15 is 0 Å². The minimum absolute atomic E-state index is 0.0720. The summed E-state index contributed by atoms with van der Waals surface area (Å²) in [5, 5.41) is 0.552. The van der Waals surface area contributed by atoms with Gasteiger partial charge in [-0.2, -0.15) is 0 Å². The molecular formula is C20H20BrNO4. The molecule has 3 rings (SSSR count). The summed E-state index contributed by atoms with van der Waals surface area (Å²) in [6.07, 6.45) is 7.19. The van der Waals surface area contributed by atoms with Crippen LogP contribution in [0.3, 0.4) is 0 Å². The molecule has 0 N–H and O–H groups in total. The summed E-state index contributed by atoms with van der Waals surface area (Å²) in [6.45, 7) is 0.286. The molecule has 1 aromatic rings. The second-order valence-electron chi connectivity index (χ2n) is 6.47. The Morgan fingerprint density at radius 2 is 1.73 bits per heavy atom. The van der Waals surface area contributed by atoms with Crippen LogP contribution in [0, 0.1) is 11.8 Å². The third kappa shape index (κ3) is 3.65. The van der Waals surface area contributed by atoms with Crippen LogP contribution in [0.4, 0.5) is 0 Å². The van der Waals surface area contributed by atoms with Crippen LogP contribution < -0.4 is 0 Å². The third-order valence-electron chi connectivity index (χ3n) is 4.83. The first-order chi connectivity index (χ1) is 12.5. The number of amides is 2. The van der Waals surface area contributed by atoms with Crippen molar-refractivity contribution in [3.63, 3.8) is 0 Å². The lowest BCUT2D eigenvalue weighted by Gasteiger charge is -2.16. The molecule has 0 spiro atoms. The molecule has 1 aliphatic carbocycles. The largest absolute Gasteiger partial charge is 0.465 e. The smallest absolute Gasteiger partial charge is 0.337 e.